The van der Waals surface area contributed by atoms with E-state index in [1.165, 1.54) is 6.07 Å². The molecule has 0 unspecified atom stereocenters. The molecule has 0 bridgehead atoms. The van der Waals surface area contributed by atoms with Crippen LogP contribution in [-0.4, -0.2) is 16.7 Å². The minimum Gasteiger partial charge on any atom is -0.505 e. The van der Waals surface area contributed by atoms with Gasteiger partial charge in [-0.25, -0.2) is 4.39 Å². The predicted octanol–water partition coefficient (Wildman–Crippen LogP) is 1.78. The van der Waals surface area contributed by atoms with E-state index in [4.69, 9.17) is 16.4 Å². The molecule has 0 aromatic heterocycles. The number of benzene rings is 1. The average Bonchev–Trinajstić information content (AvgIpc) is 2.30. The number of nitrogens with one attached hydrogen (secondary N) is 2. The van der Waals surface area contributed by atoms with Gasteiger partial charge < -0.3 is 10.8 Å². The van der Waals surface area contributed by atoms with Gasteiger partial charge >= 0.3 is 6.18 Å². The SMILES string of the molecule is N#C/C(=N\Nc1ccc(F)c(C(F)(F)F)c1O)C(=N)N. The minimum atomic E-state index is -5.10. The van der Waals surface area contributed by atoms with E-state index >= 15 is 0 Å². The highest BCUT2D eigenvalue weighted by Crippen LogP contribution is 2.41. The van der Waals surface area contributed by atoms with Gasteiger partial charge in [0.05, 0.1) is 5.69 Å². The largest absolute Gasteiger partial charge is 0.505 e. The van der Waals surface area contributed by atoms with Crippen molar-refractivity contribution in [2.24, 2.45) is 10.8 Å². The summed E-state index contributed by atoms with van der Waals surface area (Å²) in [4.78, 5) is 0. The lowest BCUT2D eigenvalue weighted by atomic mass is 10.1. The summed E-state index contributed by atoms with van der Waals surface area (Å²) in [5, 5.41) is 28.1. The van der Waals surface area contributed by atoms with E-state index in [1.807, 2.05) is 5.43 Å². The highest BCUT2D eigenvalue weighted by molar-refractivity contribution is 6.45. The molecule has 5 N–H and O–H groups in total. The molecule has 1 rings (SSSR count). The number of halogens is 4. The Bertz CT molecular complexity index is 617. The molecule has 10 heteroatoms. The standard InChI is InChI=1S/C10H7F4N5O/c11-4-1-2-5(8(20)7(4)10(12,13)14)18-19-6(3-15)9(16)17/h1-2,18,20H,(H3,16,17)/b19-6+. The molecule has 0 saturated heterocycles. The summed E-state index contributed by atoms with van der Waals surface area (Å²) in [6.45, 7) is 0. The van der Waals surface area contributed by atoms with Gasteiger partial charge in [-0.1, -0.05) is 0 Å². The molecule has 0 atom stereocenters. The lowest BCUT2D eigenvalue weighted by Crippen LogP contribution is -2.22. The van der Waals surface area contributed by atoms with Gasteiger partial charge in [0.25, 0.3) is 0 Å². The number of alkyl halides is 3. The van der Waals surface area contributed by atoms with Gasteiger partial charge in [-0.2, -0.15) is 23.5 Å². The maximum Gasteiger partial charge on any atom is 0.422 e. The van der Waals surface area contributed by atoms with E-state index in [1.54, 1.807) is 0 Å². The van der Waals surface area contributed by atoms with Crippen molar-refractivity contribution >= 4 is 17.2 Å². The summed E-state index contributed by atoms with van der Waals surface area (Å²) in [6.07, 6.45) is -5.10. The Morgan fingerprint density at radius 2 is 2.05 bits per heavy atom. The summed E-state index contributed by atoms with van der Waals surface area (Å²) in [7, 11) is 0. The fraction of sp³-hybridized carbons (Fsp3) is 0.100. The number of phenolic OH excluding ortho intramolecular Hbond substituents is 1. The van der Waals surface area contributed by atoms with E-state index in [-0.39, 0.29) is 0 Å². The highest BCUT2D eigenvalue weighted by Gasteiger charge is 2.38. The molecular formula is C10H7F4N5O. The number of anilines is 1. The van der Waals surface area contributed by atoms with Gasteiger partial charge in [0.15, 0.2) is 11.6 Å². The van der Waals surface area contributed by atoms with Crippen molar-refractivity contribution in [2.75, 3.05) is 5.43 Å². The number of hydrogen-bond donors (Lipinski definition) is 4. The second-order valence-electron chi connectivity index (χ2n) is 3.41. The number of amidine groups is 1. The molecule has 0 aliphatic heterocycles. The number of aromatic hydroxyl groups is 1. The Hall–Kier alpha value is -2.83. The lowest BCUT2D eigenvalue weighted by Gasteiger charge is -2.12. The van der Waals surface area contributed by atoms with Crippen LogP contribution in [-0.2, 0) is 6.18 Å². The number of phenols is 1. The molecule has 6 nitrogen and oxygen atoms in total. The Labute approximate surface area is 109 Å². The van der Waals surface area contributed by atoms with Gasteiger partial charge in [0, 0.05) is 0 Å². The Morgan fingerprint density at radius 1 is 1.45 bits per heavy atom. The Balaban J connectivity index is 3.24. The third kappa shape index (κ3) is 3.14. The van der Waals surface area contributed by atoms with Crippen molar-refractivity contribution < 1.29 is 22.7 Å². The second kappa shape index (κ2) is 5.43. The fourth-order valence-electron chi connectivity index (χ4n) is 1.19. The molecule has 0 radical (unpaired) electrons. The first-order valence-corrected chi connectivity index (χ1v) is 4.85. The number of hydrogen-bond acceptors (Lipinski definition) is 5. The third-order valence-electron chi connectivity index (χ3n) is 2.06. The zero-order valence-corrected chi connectivity index (χ0v) is 9.59. The summed E-state index contributed by atoms with van der Waals surface area (Å²) in [5.74, 6) is -3.80. The number of nitrogens with two attached hydrogens (primary N) is 1. The maximum absolute atomic E-state index is 13.1. The Kier molecular flexibility index (Phi) is 4.14. The van der Waals surface area contributed by atoms with Crippen LogP contribution in [0.2, 0.25) is 0 Å². The van der Waals surface area contributed by atoms with Crippen LogP contribution in [0.25, 0.3) is 0 Å². The smallest absolute Gasteiger partial charge is 0.422 e. The quantitative estimate of drug-likeness (QED) is 0.223. The molecule has 0 heterocycles. The minimum absolute atomic E-state index is 0.472. The monoisotopic (exact) mass is 289 g/mol. The van der Waals surface area contributed by atoms with Gasteiger partial charge in [0.1, 0.15) is 17.4 Å². The van der Waals surface area contributed by atoms with Crippen molar-refractivity contribution in [3.8, 4) is 11.8 Å². The van der Waals surface area contributed by atoms with Crippen LogP contribution in [0.15, 0.2) is 17.2 Å². The van der Waals surface area contributed by atoms with E-state index in [0.29, 0.717) is 6.07 Å². The normalized spacial score (nSPS) is 11.8. The number of hydrazone groups is 1. The van der Waals surface area contributed by atoms with Gasteiger partial charge in [-0.05, 0) is 12.1 Å². The van der Waals surface area contributed by atoms with Crippen LogP contribution >= 0.6 is 0 Å². The molecule has 0 amide bonds. The van der Waals surface area contributed by atoms with Crippen molar-refractivity contribution in [2.45, 2.75) is 6.18 Å². The van der Waals surface area contributed by atoms with E-state index in [0.717, 1.165) is 6.07 Å². The number of nitrogens with zero attached hydrogens (tertiary/aromatic N) is 2. The molecule has 0 fully saturated rings. The zero-order chi connectivity index (χ0) is 15.5. The molecule has 106 valence electrons. The van der Waals surface area contributed by atoms with E-state index in [9.17, 15) is 22.7 Å². The average molecular weight is 289 g/mol. The van der Waals surface area contributed by atoms with Crippen LogP contribution in [0, 0.1) is 22.6 Å². The van der Waals surface area contributed by atoms with E-state index in [2.05, 4.69) is 5.10 Å². The van der Waals surface area contributed by atoms with Crippen LogP contribution in [0.5, 0.6) is 5.75 Å². The van der Waals surface area contributed by atoms with Crippen molar-refractivity contribution in [3.05, 3.63) is 23.5 Å². The van der Waals surface area contributed by atoms with Gasteiger partial charge in [-0.15, -0.1) is 0 Å². The maximum atomic E-state index is 13.1. The first-order valence-electron chi connectivity index (χ1n) is 4.85. The van der Waals surface area contributed by atoms with Crippen LogP contribution in [0.4, 0.5) is 23.2 Å². The van der Waals surface area contributed by atoms with Crippen molar-refractivity contribution in [1.82, 2.24) is 0 Å². The molecule has 0 aliphatic carbocycles. The van der Waals surface area contributed by atoms with Crippen LogP contribution in [0.3, 0.4) is 0 Å². The highest BCUT2D eigenvalue weighted by atomic mass is 19.4. The molecule has 0 spiro atoms. The van der Waals surface area contributed by atoms with Crippen molar-refractivity contribution in [1.29, 1.82) is 10.7 Å². The molecule has 0 aliphatic rings. The summed E-state index contributed by atoms with van der Waals surface area (Å²) >= 11 is 0. The van der Waals surface area contributed by atoms with Gasteiger partial charge in [0.2, 0.25) is 5.71 Å². The molecular weight excluding hydrogens is 282 g/mol. The topological polar surface area (TPSA) is 118 Å². The summed E-state index contributed by atoms with van der Waals surface area (Å²) < 4.78 is 50.6. The second-order valence-corrected chi connectivity index (χ2v) is 3.41. The van der Waals surface area contributed by atoms with Gasteiger partial charge in [-0.3, -0.25) is 10.8 Å². The zero-order valence-electron chi connectivity index (χ0n) is 9.59. The third-order valence-corrected chi connectivity index (χ3v) is 2.06. The first kappa shape index (κ1) is 15.2. The number of rotatable bonds is 3. The molecule has 20 heavy (non-hydrogen) atoms. The first-order chi connectivity index (χ1) is 9.18. The summed E-state index contributed by atoms with van der Waals surface area (Å²) in [6, 6.07) is 2.67. The van der Waals surface area contributed by atoms with Crippen LogP contribution in [0.1, 0.15) is 5.56 Å². The van der Waals surface area contributed by atoms with Crippen LogP contribution < -0.4 is 11.2 Å². The van der Waals surface area contributed by atoms with E-state index < -0.39 is 40.5 Å². The van der Waals surface area contributed by atoms with Crippen molar-refractivity contribution in [3.63, 3.8) is 0 Å². The summed E-state index contributed by atoms with van der Waals surface area (Å²) in [5.41, 5.74) is 3.81. The number of nitriles is 1. The molecule has 1 aromatic carbocycles. The molecule has 0 saturated carbocycles. The lowest BCUT2D eigenvalue weighted by molar-refractivity contribution is -0.141. The Morgan fingerprint density at radius 3 is 2.50 bits per heavy atom. The fourth-order valence-corrected chi connectivity index (χ4v) is 1.19. The predicted molar refractivity (Wildman–Crippen MR) is 61.7 cm³/mol. The molecule has 1 aromatic rings.